The minimum atomic E-state index is -0.472. The summed E-state index contributed by atoms with van der Waals surface area (Å²) in [5, 5.41) is 28.5. The van der Waals surface area contributed by atoms with E-state index in [1.165, 1.54) is 6.20 Å². The van der Waals surface area contributed by atoms with Gasteiger partial charge in [-0.25, -0.2) is 4.68 Å². The molecular weight excluding hydrogens is 674 g/mol. The zero-order valence-electron chi connectivity index (χ0n) is 26.7. The molecule has 5 rings (SSSR count). The van der Waals surface area contributed by atoms with Gasteiger partial charge in [-0.2, -0.15) is 5.26 Å². The fourth-order valence-electron chi connectivity index (χ4n) is 5.64. The summed E-state index contributed by atoms with van der Waals surface area (Å²) in [6, 6.07) is 10.8. The maximum atomic E-state index is 9.97. The molecule has 12 heteroatoms. The second-order valence-electron chi connectivity index (χ2n) is 12.5. The molecule has 2 N–H and O–H groups in total. The molecule has 1 fully saturated rings. The van der Waals surface area contributed by atoms with Gasteiger partial charge in [0.1, 0.15) is 11.8 Å². The van der Waals surface area contributed by atoms with Crippen LogP contribution in [-0.4, -0.2) is 43.5 Å². The third kappa shape index (κ3) is 8.29. The number of hydrogen-bond acceptors (Lipinski definition) is 7. The molecule has 0 saturated carbocycles. The van der Waals surface area contributed by atoms with Crippen LogP contribution in [0.15, 0.2) is 78.1 Å². The average Bonchev–Trinajstić information content (AvgIpc) is 3.52. The van der Waals surface area contributed by atoms with Crippen molar-refractivity contribution in [2.24, 2.45) is 0 Å². The fraction of sp³-hybridized carbons (Fsp3) is 0.314. The molecule has 1 atom stereocenters. The molecule has 0 radical (unpaired) electrons. The van der Waals surface area contributed by atoms with Crippen LogP contribution in [0.25, 0.3) is 10.9 Å². The van der Waals surface area contributed by atoms with Gasteiger partial charge in [-0.05, 0) is 82.5 Å². The van der Waals surface area contributed by atoms with Crippen molar-refractivity contribution < 1.29 is 0 Å². The molecule has 1 aliphatic heterocycles. The maximum Gasteiger partial charge on any atom is 0.109 e. The number of piperidine rings is 1. The Labute approximate surface area is 295 Å². The van der Waals surface area contributed by atoms with Crippen molar-refractivity contribution in [3.8, 4) is 6.07 Å². The highest BCUT2D eigenvalue weighted by Crippen LogP contribution is 2.38. The van der Waals surface area contributed by atoms with Crippen LogP contribution in [0.1, 0.15) is 63.9 Å². The molecule has 0 amide bonds. The second kappa shape index (κ2) is 14.7. The predicted octanol–water partition coefficient (Wildman–Crippen LogP) is 10.2. The molecule has 47 heavy (non-hydrogen) atoms. The van der Waals surface area contributed by atoms with Gasteiger partial charge in [0.15, 0.2) is 0 Å². The summed E-state index contributed by atoms with van der Waals surface area (Å²) < 4.78 is 1.97. The molecule has 1 saturated heterocycles. The highest BCUT2D eigenvalue weighted by atomic mass is 35.5. The van der Waals surface area contributed by atoms with Gasteiger partial charge in [-0.3, -0.25) is 9.88 Å². The van der Waals surface area contributed by atoms with Gasteiger partial charge in [-0.15, -0.1) is 5.10 Å². The minimum absolute atomic E-state index is 0.132. The van der Waals surface area contributed by atoms with Crippen molar-refractivity contribution in [3.63, 3.8) is 0 Å². The monoisotopic (exact) mass is 708 g/mol. The zero-order chi connectivity index (χ0) is 33.9. The van der Waals surface area contributed by atoms with Crippen LogP contribution in [0.5, 0.6) is 0 Å². The molecular formula is C35H36Cl4N8. The Morgan fingerprint density at radius 1 is 1.06 bits per heavy atom. The molecule has 0 spiro atoms. The summed E-state index contributed by atoms with van der Waals surface area (Å²) in [5.74, 6) is 0. The Hall–Kier alpha value is -3.58. The zero-order valence-corrected chi connectivity index (χ0v) is 29.7. The number of rotatable bonds is 9. The van der Waals surface area contributed by atoms with Crippen LogP contribution < -0.4 is 10.6 Å². The topological polar surface area (TPSA) is 94.7 Å². The van der Waals surface area contributed by atoms with Crippen LogP contribution in [0.2, 0.25) is 15.1 Å². The summed E-state index contributed by atoms with van der Waals surface area (Å²) in [6.45, 7) is 15.0. The van der Waals surface area contributed by atoms with Crippen LogP contribution in [0, 0.1) is 11.3 Å². The number of allylic oxidation sites excluding steroid dienone is 3. The molecule has 2 aromatic carbocycles. The number of aromatic nitrogens is 4. The van der Waals surface area contributed by atoms with Crippen molar-refractivity contribution >= 4 is 74.4 Å². The third-order valence-electron chi connectivity index (χ3n) is 8.20. The molecule has 0 aliphatic carbocycles. The van der Waals surface area contributed by atoms with Crippen molar-refractivity contribution in [1.29, 1.82) is 5.26 Å². The van der Waals surface area contributed by atoms with E-state index in [9.17, 15) is 5.26 Å². The molecule has 2 aromatic heterocycles. The van der Waals surface area contributed by atoms with E-state index in [0.29, 0.717) is 64.9 Å². The molecule has 0 unspecified atom stereocenters. The molecule has 0 bridgehead atoms. The highest BCUT2D eigenvalue weighted by molar-refractivity contribution is 6.36. The Morgan fingerprint density at radius 2 is 1.77 bits per heavy atom. The molecule has 3 heterocycles. The van der Waals surface area contributed by atoms with E-state index in [4.69, 9.17) is 46.4 Å². The first kappa shape index (κ1) is 34.7. The van der Waals surface area contributed by atoms with Gasteiger partial charge in [0, 0.05) is 56.7 Å². The van der Waals surface area contributed by atoms with Gasteiger partial charge in [-0.1, -0.05) is 70.3 Å². The van der Waals surface area contributed by atoms with E-state index in [1.54, 1.807) is 36.4 Å². The summed E-state index contributed by atoms with van der Waals surface area (Å²) in [6.07, 6.45) is 10.9. The SMILES string of the molecule is C=C(/C=C\C(Cl)=C/C)[C@H](Nc1cc(Cl)c2ncc(C#N)c(Nc3cc(Cl)cc(Cl)c3)c2c1)c1cn(C2CCN(C(C)(C)C)CC2)nn1. The van der Waals surface area contributed by atoms with Gasteiger partial charge >= 0.3 is 0 Å². The van der Waals surface area contributed by atoms with E-state index >= 15 is 0 Å². The van der Waals surface area contributed by atoms with Crippen LogP contribution >= 0.6 is 46.4 Å². The number of hydrogen-bond donors (Lipinski definition) is 2. The number of halogens is 4. The molecule has 244 valence electrons. The first-order chi connectivity index (χ1) is 22.4. The Morgan fingerprint density at radius 3 is 2.40 bits per heavy atom. The van der Waals surface area contributed by atoms with E-state index in [0.717, 1.165) is 25.9 Å². The normalized spacial score (nSPS) is 15.6. The van der Waals surface area contributed by atoms with Crippen molar-refractivity contribution in [2.75, 3.05) is 23.7 Å². The molecule has 8 nitrogen and oxygen atoms in total. The number of benzene rings is 2. The Bertz CT molecular complexity index is 1870. The fourth-order valence-corrected chi connectivity index (χ4v) is 6.49. The first-order valence-corrected chi connectivity index (χ1v) is 16.7. The number of nitrogens with zero attached hydrogens (tertiary/aromatic N) is 6. The predicted molar refractivity (Wildman–Crippen MR) is 195 cm³/mol. The van der Waals surface area contributed by atoms with E-state index in [2.05, 4.69) is 64.2 Å². The summed E-state index contributed by atoms with van der Waals surface area (Å²) in [7, 11) is 0. The van der Waals surface area contributed by atoms with Crippen LogP contribution in [-0.2, 0) is 0 Å². The third-order valence-corrected chi connectivity index (χ3v) is 9.27. The largest absolute Gasteiger partial charge is 0.373 e. The van der Waals surface area contributed by atoms with Crippen molar-refractivity contribution in [2.45, 2.75) is 58.2 Å². The summed E-state index contributed by atoms with van der Waals surface area (Å²) in [4.78, 5) is 6.99. The van der Waals surface area contributed by atoms with Crippen molar-refractivity contribution in [3.05, 3.63) is 104 Å². The van der Waals surface area contributed by atoms with E-state index in [-0.39, 0.29) is 11.6 Å². The smallest absolute Gasteiger partial charge is 0.109 e. The molecule has 1 aliphatic rings. The van der Waals surface area contributed by atoms with Gasteiger partial charge in [0.2, 0.25) is 0 Å². The summed E-state index contributed by atoms with van der Waals surface area (Å²) in [5.41, 5.74) is 4.19. The standard InChI is InChI=1S/C35H36Cl4N8/c1-6-23(36)8-7-21(2)32(31-20-47(45-44-31)28-9-11-46(12-10-28)35(3,4)5)42-27-16-29-33(43-26-14-24(37)13-25(38)15-26)22(18-40)19-41-34(29)30(39)17-27/h6-8,13-17,19-20,28,32,42H,2,9-12H2,1,3-5H3,(H,41,43)/b8-7-,23-6+/t32-/m0/s1. The number of nitriles is 1. The molecule has 4 aromatic rings. The number of nitrogens with one attached hydrogen (secondary N) is 2. The number of fused-ring (bicyclic) bond motifs is 1. The number of likely N-dealkylation sites (tertiary alicyclic amines) is 1. The van der Waals surface area contributed by atoms with Crippen LogP contribution in [0.3, 0.4) is 0 Å². The summed E-state index contributed by atoms with van der Waals surface area (Å²) >= 11 is 25.6. The van der Waals surface area contributed by atoms with E-state index in [1.807, 2.05) is 29.9 Å². The second-order valence-corrected chi connectivity index (χ2v) is 14.2. The lowest BCUT2D eigenvalue weighted by atomic mass is 9.98. The van der Waals surface area contributed by atoms with Gasteiger partial charge in [0.05, 0.1) is 40.1 Å². The number of anilines is 3. The lowest BCUT2D eigenvalue weighted by Crippen LogP contribution is -2.46. The van der Waals surface area contributed by atoms with Crippen molar-refractivity contribution in [1.82, 2.24) is 24.9 Å². The van der Waals surface area contributed by atoms with Crippen LogP contribution in [0.4, 0.5) is 17.1 Å². The Balaban J connectivity index is 1.51. The van der Waals surface area contributed by atoms with E-state index < -0.39 is 6.04 Å². The minimum Gasteiger partial charge on any atom is -0.373 e. The quantitative estimate of drug-likeness (QED) is 0.167. The van der Waals surface area contributed by atoms with Gasteiger partial charge in [0.25, 0.3) is 0 Å². The lowest BCUT2D eigenvalue weighted by molar-refractivity contribution is 0.0866. The number of pyridine rings is 1. The lowest BCUT2D eigenvalue weighted by Gasteiger charge is -2.40. The average molecular weight is 711 g/mol. The first-order valence-electron chi connectivity index (χ1n) is 15.2. The van der Waals surface area contributed by atoms with Gasteiger partial charge < -0.3 is 10.6 Å². The highest BCUT2D eigenvalue weighted by Gasteiger charge is 2.29. The maximum absolute atomic E-state index is 9.97. The Kier molecular flexibility index (Phi) is 10.8.